The molecule has 0 fully saturated rings. The number of rotatable bonds is 6. The number of ether oxygens (including phenoxy) is 2. The zero-order valence-corrected chi connectivity index (χ0v) is 13.3. The molecule has 0 aliphatic carbocycles. The van der Waals surface area contributed by atoms with Crippen LogP contribution in [0.3, 0.4) is 0 Å². The Morgan fingerprint density at radius 3 is 2.52 bits per heavy atom. The van der Waals surface area contributed by atoms with Crippen molar-refractivity contribution in [3.63, 3.8) is 0 Å². The van der Waals surface area contributed by atoms with Crippen LogP contribution < -0.4 is 19.9 Å². The predicted molar refractivity (Wildman–Crippen MR) is 82.6 cm³/mol. The third-order valence-electron chi connectivity index (χ3n) is 2.75. The maximum absolute atomic E-state index is 12.4. The molecule has 0 saturated heterocycles. The topological polar surface area (TPSA) is 90.6 Å². The molecular weight excluding hydrogens is 312 g/mol. The van der Waals surface area contributed by atoms with Crippen molar-refractivity contribution in [1.29, 1.82) is 0 Å². The molecule has 0 aliphatic heterocycles. The van der Waals surface area contributed by atoms with Gasteiger partial charge in [0.1, 0.15) is 15.7 Å². The molecule has 21 heavy (non-hydrogen) atoms. The third kappa shape index (κ3) is 3.46. The number of methoxy groups -OCH3 is 2. The minimum Gasteiger partial charge on any atom is -0.497 e. The summed E-state index contributed by atoms with van der Waals surface area (Å²) in [5.74, 6) is 0.942. The second-order valence-corrected chi connectivity index (χ2v) is 7.17. The van der Waals surface area contributed by atoms with Crippen molar-refractivity contribution in [2.24, 2.45) is 5.73 Å². The Morgan fingerprint density at radius 2 is 1.95 bits per heavy atom. The fourth-order valence-electron chi connectivity index (χ4n) is 1.70. The van der Waals surface area contributed by atoms with Crippen LogP contribution in [0.15, 0.2) is 34.5 Å². The van der Waals surface area contributed by atoms with E-state index < -0.39 is 10.0 Å². The Bertz CT molecular complexity index is 726. The van der Waals surface area contributed by atoms with Crippen molar-refractivity contribution in [3.05, 3.63) is 35.2 Å². The third-order valence-corrected chi connectivity index (χ3v) is 5.72. The van der Waals surface area contributed by atoms with Gasteiger partial charge in [-0.05, 0) is 24.3 Å². The number of nitrogens with one attached hydrogen (secondary N) is 1. The van der Waals surface area contributed by atoms with Crippen LogP contribution in [0.1, 0.15) is 4.88 Å². The van der Waals surface area contributed by atoms with Crippen molar-refractivity contribution < 1.29 is 17.9 Å². The van der Waals surface area contributed by atoms with Crippen LogP contribution in [0.25, 0.3) is 0 Å². The molecule has 3 N–H and O–H groups in total. The van der Waals surface area contributed by atoms with Crippen molar-refractivity contribution in [3.8, 4) is 11.5 Å². The summed E-state index contributed by atoms with van der Waals surface area (Å²) in [6, 6.07) is 8.11. The van der Waals surface area contributed by atoms with Gasteiger partial charge in [0, 0.05) is 17.5 Å². The lowest BCUT2D eigenvalue weighted by molar-refractivity contribution is 0.405. The van der Waals surface area contributed by atoms with E-state index in [-0.39, 0.29) is 4.21 Å². The summed E-state index contributed by atoms with van der Waals surface area (Å²) in [6.07, 6.45) is 0. The SMILES string of the molecule is COc1ccc(OC)c(NS(=O)(=O)c2ccc(CN)s2)c1. The molecule has 114 valence electrons. The lowest BCUT2D eigenvalue weighted by Crippen LogP contribution is -2.12. The molecule has 0 saturated carbocycles. The highest BCUT2D eigenvalue weighted by molar-refractivity contribution is 7.94. The van der Waals surface area contributed by atoms with E-state index in [2.05, 4.69) is 4.72 Å². The van der Waals surface area contributed by atoms with Crippen LogP contribution in [0.4, 0.5) is 5.69 Å². The van der Waals surface area contributed by atoms with E-state index in [9.17, 15) is 8.42 Å². The molecule has 1 heterocycles. The molecule has 1 aromatic heterocycles. The maximum Gasteiger partial charge on any atom is 0.271 e. The molecule has 2 rings (SSSR count). The van der Waals surface area contributed by atoms with Crippen molar-refractivity contribution >= 4 is 27.0 Å². The van der Waals surface area contributed by atoms with Gasteiger partial charge in [-0.3, -0.25) is 4.72 Å². The summed E-state index contributed by atoms with van der Waals surface area (Å²) in [5, 5.41) is 0. The number of hydrogen-bond acceptors (Lipinski definition) is 6. The molecule has 8 heteroatoms. The lowest BCUT2D eigenvalue weighted by atomic mass is 10.3. The van der Waals surface area contributed by atoms with Crippen LogP contribution in [0, 0.1) is 0 Å². The first-order valence-corrected chi connectivity index (χ1v) is 8.33. The van der Waals surface area contributed by atoms with Gasteiger partial charge in [0.25, 0.3) is 10.0 Å². The van der Waals surface area contributed by atoms with Crippen LogP contribution in [-0.4, -0.2) is 22.6 Å². The summed E-state index contributed by atoms with van der Waals surface area (Å²) in [6.45, 7) is 0.308. The molecule has 0 amide bonds. The first-order valence-electron chi connectivity index (χ1n) is 6.04. The monoisotopic (exact) mass is 328 g/mol. The second-order valence-electron chi connectivity index (χ2n) is 4.10. The number of thiophene rings is 1. The number of anilines is 1. The molecule has 0 atom stereocenters. The van der Waals surface area contributed by atoms with E-state index in [1.807, 2.05) is 0 Å². The summed E-state index contributed by atoms with van der Waals surface area (Å²) in [5.41, 5.74) is 5.82. The van der Waals surface area contributed by atoms with Crippen LogP contribution in [0.5, 0.6) is 11.5 Å². The average Bonchev–Trinajstić information content (AvgIpc) is 2.96. The van der Waals surface area contributed by atoms with Gasteiger partial charge in [-0.2, -0.15) is 0 Å². The van der Waals surface area contributed by atoms with Gasteiger partial charge < -0.3 is 15.2 Å². The second kappa shape index (κ2) is 6.33. The minimum atomic E-state index is -3.68. The molecule has 0 aliphatic rings. The van der Waals surface area contributed by atoms with Crippen LogP contribution in [0.2, 0.25) is 0 Å². The number of sulfonamides is 1. The van der Waals surface area contributed by atoms with Gasteiger partial charge in [0.2, 0.25) is 0 Å². The quantitative estimate of drug-likeness (QED) is 0.846. The summed E-state index contributed by atoms with van der Waals surface area (Å²) in [7, 11) is -0.706. The minimum absolute atomic E-state index is 0.202. The Balaban J connectivity index is 2.35. The first-order chi connectivity index (χ1) is 10.00. The standard InChI is InChI=1S/C13H16N2O4S2/c1-18-9-3-5-12(19-2)11(7-9)15-21(16,17)13-6-4-10(8-14)20-13/h3-7,15H,8,14H2,1-2H3. The van der Waals surface area contributed by atoms with E-state index in [1.165, 1.54) is 20.3 Å². The lowest BCUT2D eigenvalue weighted by Gasteiger charge is -2.12. The molecule has 1 aromatic carbocycles. The van der Waals surface area contributed by atoms with E-state index in [0.717, 1.165) is 16.2 Å². The fraction of sp³-hybridized carbons (Fsp3) is 0.231. The van der Waals surface area contributed by atoms with Crippen molar-refractivity contribution in [1.82, 2.24) is 0 Å². The number of hydrogen-bond donors (Lipinski definition) is 2. The van der Waals surface area contributed by atoms with E-state index in [4.69, 9.17) is 15.2 Å². The van der Waals surface area contributed by atoms with Gasteiger partial charge >= 0.3 is 0 Å². The Kier molecular flexibility index (Phi) is 4.71. The van der Waals surface area contributed by atoms with Crippen molar-refractivity contribution in [2.45, 2.75) is 10.8 Å². The molecule has 0 spiro atoms. The normalized spacial score (nSPS) is 11.2. The smallest absolute Gasteiger partial charge is 0.271 e. The van der Waals surface area contributed by atoms with E-state index in [0.29, 0.717) is 23.7 Å². The highest BCUT2D eigenvalue weighted by Gasteiger charge is 2.19. The van der Waals surface area contributed by atoms with Gasteiger partial charge in [0.15, 0.2) is 0 Å². The Hall–Kier alpha value is -1.77. The molecular formula is C13H16N2O4S2. The predicted octanol–water partition coefficient (Wildman–Crippen LogP) is 2.02. The maximum atomic E-state index is 12.4. The Labute approximate surface area is 127 Å². The zero-order valence-electron chi connectivity index (χ0n) is 11.6. The number of nitrogens with two attached hydrogens (primary N) is 1. The highest BCUT2D eigenvalue weighted by Crippen LogP contribution is 2.32. The van der Waals surface area contributed by atoms with Gasteiger partial charge in [-0.15, -0.1) is 11.3 Å². The van der Waals surface area contributed by atoms with Crippen LogP contribution in [-0.2, 0) is 16.6 Å². The fourth-order valence-corrected chi connectivity index (χ4v) is 4.00. The molecule has 0 bridgehead atoms. The van der Waals surface area contributed by atoms with Gasteiger partial charge in [-0.1, -0.05) is 0 Å². The summed E-state index contributed by atoms with van der Waals surface area (Å²) in [4.78, 5) is 0.799. The summed E-state index contributed by atoms with van der Waals surface area (Å²) >= 11 is 1.13. The molecule has 6 nitrogen and oxygen atoms in total. The van der Waals surface area contributed by atoms with Gasteiger partial charge in [0.05, 0.1) is 19.9 Å². The van der Waals surface area contributed by atoms with Crippen LogP contribution >= 0.6 is 11.3 Å². The molecule has 2 aromatic rings. The van der Waals surface area contributed by atoms with Crippen molar-refractivity contribution in [2.75, 3.05) is 18.9 Å². The number of benzene rings is 1. The highest BCUT2D eigenvalue weighted by atomic mass is 32.2. The zero-order chi connectivity index (χ0) is 15.5. The Morgan fingerprint density at radius 1 is 1.19 bits per heavy atom. The summed E-state index contributed by atoms with van der Waals surface area (Å²) < 4.78 is 37.7. The average molecular weight is 328 g/mol. The molecule has 0 radical (unpaired) electrons. The largest absolute Gasteiger partial charge is 0.497 e. The first kappa shape index (κ1) is 15.6. The van der Waals surface area contributed by atoms with E-state index >= 15 is 0 Å². The van der Waals surface area contributed by atoms with E-state index in [1.54, 1.807) is 24.3 Å². The molecule has 0 unspecified atom stereocenters. The van der Waals surface area contributed by atoms with Gasteiger partial charge in [-0.25, -0.2) is 8.42 Å².